The van der Waals surface area contributed by atoms with Crippen molar-refractivity contribution in [2.45, 2.75) is 19.4 Å². The van der Waals surface area contributed by atoms with Crippen molar-refractivity contribution >= 4 is 17.2 Å². The molecule has 1 atom stereocenters. The number of aryl methyl sites for hydroxylation is 1. The zero-order chi connectivity index (χ0) is 18.0. The number of ketones is 1. The third kappa shape index (κ3) is 3.25. The molecule has 25 heavy (non-hydrogen) atoms. The molecule has 1 fully saturated rings. The Balaban J connectivity index is 2.00. The highest BCUT2D eigenvalue weighted by Gasteiger charge is 2.29. The summed E-state index contributed by atoms with van der Waals surface area (Å²) in [5, 5.41) is 11.6. The lowest BCUT2D eigenvalue weighted by Gasteiger charge is -2.36. The number of nitrogens with zero attached hydrogens (tertiary/aromatic N) is 4. The fourth-order valence-electron chi connectivity index (χ4n) is 3.08. The van der Waals surface area contributed by atoms with Gasteiger partial charge >= 0.3 is 0 Å². The van der Waals surface area contributed by atoms with Crippen molar-refractivity contribution in [2.75, 3.05) is 24.7 Å². The van der Waals surface area contributed by atoms with Gasteiger partial charge in [-0.25, -0.2) is 4.98 Å². The Morgan fingerprint density at radius 2 is 2.28 bits per heavy atom. The van der Waals surface area contributed by atoms with Crippen molar-refractivity contribution in [1.82, 2.24) is 9.55 Å². The summed E-state index contributed by atoms with van der Waals surface area (Å²) in [6.07, 6.45) is 4.01. The van der Waals surface area contributed by atoms with Crippen LogP contribution in [0.25, 0.3) is 0 Å². The van der Waals surface area contributed by atoms with Crippen LogP contribution < -0.4 is 4.90 Å². The van der Waals surface area contributed by atoms with Crippen molar-refractivity contribution < 1.29 is 14.5 Å². The Hall–Kier alpha value is -2.74. The molecule has 3 rings (SSSR count). The Labute approximate surface area is 145 Å². The number of hydrogen-bond donors (Lipinski definition) is 0. The van der Waals surface area contributed by atoms with Gasteiger partial charge in [-0.2, -0.15) is 0 Å². The van der Waals surface area contributed by atoms with Crippen LogP contribution >= 0.6 is 0 Å². The van der Waals surface area contributed by atoms with Crippen LogP contribution in [0.3, 0.4) is 0 Å². The van der Waals surface area contributed by atoms with Crippen LogP contribution in [0.2, 0.25) is 0 Å². The number of carbonyl (C=O) groups is 1. The zero-order valence-electron chi connectivity index (χ0n) is 14.2. The van der Waals surface area contributed by atoms with E-state index in [0.717, 1.165) is 6.42 Å². The monoisotopic (exact) mass is 344 g/mol. The Morgan fingerprint density at radius 3 is 2.92 bits per heavy atom. The predicted molar refractivity (Wildman–Crippen MR) is 92.0 cm³/mol. The van der Waals surface area contributed by atoms with Gasteiger partial charge in [0.05, 0.1) is 24.2 Å². The highest BCUT2D eigenvalue weighted by Crippen LogP contribution is 2.32. The van der Waals surface area contributed by atoms with Gasteiger partial charge < -0.3 is 14.2 Å². The van der Waals surface area contributed by atoms with Gasteiger partial charge in [0, 0.05) is 37.6 Å². The summed E-state index contributed by atoms with van der Waals surface area (Å²) < 4.78 is 7.07. The second kappa shape index (κ2) is 7.02. The number of carbonyl (C=O) groups excluding carboxylic acids is 1. The van der Waals surface area contributed by atoms with Gasteiger partial charge in [-0.1, -0.05) is 6.92 Å². The lowest BCUT2D eigenvalue weighted by Crippen LogP contribution is -2.45. The third-order valence-electron chi connectivity index (χ3n) is 4.47. The molecule has 1 aliphatic heterocycles. The molecule has 1 aromatic carbocycles. The van der Waals surface area contributed by atoms with E-state index in [2.05, 4.69) is 4.98 Å². The van der Waals surface area contributed by atoms with Gasteiger partial charge in [-0.3, -0.25) is 14.9 Å². The van der Waals surface area contributed by atoms with Gasteiger partial charge in [0.25, 0.3) is 5.69 Å². The van der Waals surface area contributed by atoms with Crippen molar-refractivity contribution in [3.8, 4) is 0 Å². The molecule has 0 bridgehead atoms. The van der Waals surface area contributed by atoms with Gasteiger partial charge in [0.15, 0.2) is 5.82 Å². The standard InChI is InChI=1S/C17H20N4O4/c1-3-13-11-25-9-8-20(13)14-5-4-12(10-15(14)21(23)24)16(22)17-18-6-7-19(17)2/h4-7,10,13H,3,8-9,11H2,1-2H3. The number of anilines is 1. The molecule has 2 aromatic rings. The van der Waals surface area contributed by atoms with Crippen LogP contribution in [0, 0.1) is 10.1 Å². The van der Waals surface area contributed by atoms with Crippen molar-refractivity contribution in [3.05, 3.63) is 52.1 Å². The van der Waals surface area contributed by atoms with Crippen LogP contribution in [0.1, 0.15) is 29.5 Å². The largest absolute Gasteiger partial charge is 0.377 e. The van der Waals surface area contributed by atoms with Crippen molar-refractivity contribution in [1.29, 1.82) is 0 Å². The Kier molecular flexibility index (Phi) is 4.80. The normalized spacial score (nSPS) is 17.5. The average molecular weight is 344 g/mol. The topological polar surface area (TPSA) is 90.5 Å². The number of nitro groups is 1. The van der Waals surface area contributed by atoms with Crippen LogP contribution in [0.5, 0.6) is 0 Å². The summed E-state index contributed by atoms with van der Waals surface area (Å²) in [7, 11) is 1.71. The number of nitro benzene ring substituents is 1. The molecule has 1 saturated heterocycles. The highest BCUT2D eigenvalue weighted by atomic mass is 16.6. The van der Waals surface area contributed by atoms with Crippen molar-refractivity contribution in [3.63, 3.8) is 0 Å². The summed E-state index contributed by atoms with van der Waals surface area (Å²) in [5.74, 6) is -0.0870. The molecular formula is C17H20N4O4. The number of ether oxygens (including phenoxy) is 1. The second-order valence-corrected chi connectivity index (χ2v) is 5.98. The van der Waals surface area contributed by atoms with Gasteiger partial charge in [-0.05, 0) is 18.6 Å². The maximum absolute atomic E-state index is 12.6. The van der Waals surface area contributed by atoms with E-state index in [9.17, 15) is 14.9 Å². The number of imidazole rings is 1. The van der Waals surface area contributed by atoms with E-state index >= 15 is 0 Å². The summed E-state index contributed by atoms with van der Waals surface area (Å²) in [6, 6.07) is 4.71. The van der Waals surface area contributed by atoms with Crippen LogP contribution in [0.4, 0.5) is 11.4 Å². The summed E-state index contributed by atoms with van der Waals surface area (Å²) >= 11 is 0. The quantitative estimate of drug-likeness (QED) is 0.469. The fraction of sp³-hybridized carbons (Fsp3) is 0.412. The van der Waals surface area contributed by atoms with Gasteiger partial charge in [0.1, 0.15) is 5.69 Å². The van der Waals surface area contributed by atoms with Crippen LogP contribution in [-0.2, 0) is 11.8 Å². The van der Waals surface area contributed by atoms with Gasteiger partial charge in [0.2, 0.25) is 5.78 Å². The first-order valence-electron chi connectivity index (χ1n) is 8.17. The Bertz CT molecular complexity index is 802. The molecule has 8 nitrogen and oxygen atoms in total. The van der Waals surface area contributed by atoms with Gasteiger partial charge in [-0.15, -0.1) is 0 Å². The maximum Gasteiger partial charge on any atom is 0.293 e. The number of benzene rings is 1. The molecular weight excluding hydrogens is 324 g/mol. The van der Waals surface area contributed by atoms with E-state index < -0.39 is 4.92 Å². The minimum Gasteiger partial charge on any atom is -0.377 e. The molecule has 0 radical (unpaired) electrons. The second-order valence-electron chi connectivity index (χ2n) is 5.98. The molecule has 0 spiro atoms. The van der Waals surface area contributed by atoms with Crippen molar-refractivity contribution in [2.24, 2.45) is 7.05 Å². The summed E-state index contributed by atoms with van der Waals surface area (Å²) in [4.78, 5) is 29.8. The van der Waals surface area contributed by atoms with Crippen LogP contribution in [0.15, 0.2) is 30.6 Å². The third-order valence-corrected chi connectivity index (χ3v) is 4.47. The SMILES string of the molecule is CCC1COCCN1c1ccc(C(=O)c2nccn2C)cc1[N+](=O)[O-]. The molecule has 1 unspecified atom stereocenters. The first-order valence-corrected chi connectivity index (χ1v) is 8.17. The predicted octanol–water partition coefficient (Wildman–Crippen LogP) is 2.17. The zero-order valence-corrected chi connectivity index (χ0v) is 14.2. The van der Waals surface area contributed by atoms with E-state index in [1.165, 1.54) is 12.3 Å². The molecule has 0 amide bonds. The van der Waals surface area contributed by atoms with E-state index in [0.29, 0.717) is 25.4 Å². The molecule has 0 N–H and O–H groups in total. The molecule has 2 heterocycles. The minimum absolute atomic E-state index is 0.0691. The first kappa shape index (κ1) is 17.1. The number of rotatable bonds is 5. The summed E-state index contributed by atoms with van der Waals surface area (Å²) in [5.41, 5.74) is 0.711. The number of hydrogen-bond acceptors (Lipinski definition) is 6. The maximum atomic E-state index is 12.6. The molecule has 132 valence electrons. The number of morpholine rings is 1. The molecule has 8 heteroatoms. The van der Waals surface area contributed by atoms with E-state index in [4.69, 9.17) is 4.74 Å². The first-order chi connectivity index (χ1) is 12.0. The van der Waals surface area contributed by atoms with Crippen LogP contribution in [-0.4, -0.2) is 46.1 Å². The van der Waals surface area contributed by atoms with E-state index in [-0.39, 0.29) is 28.9 Å². The Morgan fingerprint density at radius 1 is 1.48 bits per heavy atom. The van der Waals surface area contributed by atoms with E-state index in [1.807, 2.05) is 11.8 Å². The minimum atomic E-state index is -0.438. The van der Waals surface area contributed by atoms with E-state index in [1.54, 1.807) is 29.9 Å². The number of aromatic nitrogens is 2. The summed E-state index contributed by atoms with van der Waals surface area (Å²) in [6.45, 7) is 3.69. The lowest BCUT2D eigenvalue weighted by atomic mass is 10.1. The molecule has 1 aliphatic rings. The smallest absolute Gasteiger partial charge is 0.293 e. The molecule has 1 aromatic heterocycles. The molecule has 0 saturated carbocycles. The molecule has 0 aliphatic carbocycles. The average Bonchev–Trinajstić information content (AvgIpc) is 3.06. The lowest BCUT2D eigenvalue weighted by molar-refractivity contribution is -0.384. The highest BCUT2D eigenvalue weighted by molar-refractivity contribution is 6.07. The fourth-order valence-corrected chi connectivity index (χ4v) is 3.08.